The molecule has 1 amide bonds. The maximum Gasteiger partial charge on any atom is 0.238 e. The monoisotopic (exact) mass is 290 g/mol. The van der Waals surface area contributed by atoms with E-state index >= 15 is 0 Å². The van der Waals surface area contributed by atoms with Gasteiger partial charge in [0.2, 0.25) is 5.91 Å². The minimum Gasteiger partial charge on any atom is -0.325 e. The number of nitrogens with zero attached hydrogens (tertiary/aromatic N) is 3. The Morgan fingerprint density at radius 2 is 2.05 bits per heavy atom. The van der Waals surface area contributed by atoms with Crippen LogP contribution >= 0.6 is 0 Å². The van der Waals surface area contributed by atoms with Gasteiger partial charge in [-0.2, -0.15) is 10.4 Å². The number of carbonyl (C=O) groups is 1. The van der Waals surface area contributed by atoms with Crippen molar-refractivity contribution in [3.8, 4) is 6.07 Å². The van der Waals surface area contributed by atoms with Crippen molar-refractivity contribution in [1.29, 1.82) is 5.26 Å². The van der Waals surface area contributed by atoms with Crippen molar-refractivity contribution in [2.45, 2.75) is 13.0 Å². The summed E-state index contributed by atoms with van der Waals surface area (Å²) in [6, 6.07) is 17.5. The van der Waals surface area contributed by atoms with Gasteiger partial charge in [0.25, 0.3) is 0 Å². The van der Waals surface area contributed by atoms with Crippen LogP contribution in [0.3, 0.4) is 0 Å². The summed E-state index contributed by atoms with van der Waals surface area (Å²) in [4.78, 5) is 11.4. The Morgan fingerprint density at radius 3 is 2.82 bits per heavy atom. The average Bonchev–Trinajstić information content (AvgIpc) is 2.91. The van der Waals surface area contributed by atoms with E-state index in [1.165, 1.54) is 5.56 Å². The summed E-state index contributed by atoms with van der Waals surface area (Å²) in [7, 11) is 0. The topological polar surface area (TPSA) is 70.7 Å². The van der Waals surface area contributed by atoms with Gasteiger partial charge in [-0.05, 0) is 23.8 Å². The van der Waals surface area contributed by atoms with Crippen molar-refractivity contribution in [1.82, 2.24) is 9.78 Å². The Kier molecular flexibility index (Phi) is 3.84. The molecule has 0 aliphatic carbocycles. The summed E-state index contributed by atoms with van der Waals surface area (Å²) in [6.45, 7) is 0.699. The summed E-state index contributed by atoms with van der Waals surface area (Å²) in [6.07, 6.45) is 1.63. The largest absolute Gasteiger partial charge is 0.325 e. The van der Waals surface area contributed by atoms with Crippen LogP contribution in [-0.2, 0) is 11.3 Å². The zero-order valence-electron chi connectivity index (χ0n) is 11.9. The van der Waals surface area contributed by atoms with Gasteiger partial charge in [-0.3, -0.25) is 9.48 Å². The highest BCUT2D eigenvalue weighted by Crippen LogP contribution is 2.20. The minimum atomic E-state index is -0.307. The smallest absolute Gasteiger partial charge is 0.238 e. The lowest BCUT2D eigenvalue weighted by atomic mass is 10.2. The predicted octanol–water partition coefficient (Wildman–Crippen LogP) is 2.94. The second-order valence-electron chi connectivity index (χ2n) is 4.94. The van der Waals surface area contributed by atoms with Gasteiger partial charge in [-0.1, -0.05) is 30.3 Å². The third-order valence-corrected chi connectivity index (χ3v) is 3.34. The number of hydrogen-bond acceptors (Lipinski definition) is 3. The van der Waals surface area contributed by atoms with E-state index in [-0.39, 0.29) is 12.3 Å². The molecule has 2 aromatic carbocycles. The molecule has 5 nitrogen and oxygen atoms in total. The third-order valence-electron chi connectivity index (χ3n) is 3.34. The molecule has 0 radical (unpaired) electrons. The molecule has 0 saturated carbocycles. The minimum absolute atomic E-state index is 0.148. The van der Waals surface area contributed by atoms with Crippen LogP contribution in [0.15, 0.2) is 54.7 Å². The zero-order chi connectivity index (χ0) is 15.4. The summed E-state index contributed by atoms with van der Waals surface area (Å²) in [5.41, 5.74) is 2.85. The number of rotatable bonds is 4. The lowest BCUT2D eigenvalue weighted by Crippen LogP contribution is -2.09. The molecule has 22 heavy (non-hydrogen) atoms. The van der Waals surface area contributed by atoms with E-state index < -0.39 is 0 Å². The Balaban J connectivity index is 1.84. The normalized spacial score (nSPS) is 10.3. The van der Waals surface area contributed by atoms with E-state index in [4.69, 9.17) is 5.26 Å². The summed E-state index contributed by atoms with van der Waals surface area (Å²) < 4.78 is 1.92. The molecule has 3 aromatic rings. The first-order chi connectivity index (χ1) is 10.8. The van der Waals surface area contributed by atoms with E-state index in [0.29, 0.717) is 12.2 Å². The Morgan fingerprint density at radius 1 is 1.23 bits per heavy atom. The average molecular weight is 290 g/mol. The Hall–Kier alpha value is -3.13. The molecule has 0 atom stereocenters. The molecule has 0 unspecified atom stereocenters. The molecule has 0 aliphatic heterocycles. The van der Waals surface area contributed by atoms with Crippen molar-refractivity contribution in [2.24, 2.45) is 0 Å². The second kappa shape index (κ2) is 6.10. The quantitative estimate of drug-likeness (QED) is 0.803. The van der Waals surface area contributed by atoms with Crippen molar-refractivity contribution >= 4 is 22.5 Å². The fraction of sp³-hybridized carbons (Fsp3) is 0.118. The highest BCUT2D eigenvalue weighted by molar-refractivity contribution is 5.94. The number of nitrogens with one attached hydrogen (secondary N) is 1. The molecule has 0 fully saturated rings. The molecular weight excluding hydrogens is 276 g/mol. The van der Waals surface area contributed by atoms with Crippen molar-refractivity contribution in [3.05, 3.63) is 60.3 Å². The Labute approximate surface area is 127 Å². The number of amides is 1. The maximum absolute atomic E-state index is 11.4. The van der Waals surface area contributed by atoms with E-state index in [1.807, 2.05) is 47.1 Å². The number of hydrogen-bond donors (Lipinski definition) is 1. The molecule has 0 aliphatic rings. The standard InChI is InChI=1S/C17H14N4O/c18-9-8-17(22)20-15-6-7-16-14(10-15)11-19-21(16)12-13-4-2-1-3-5-13/h1-7,10-11H,8,12H2,(H,20,22). The molecule has 1 heterocycles. The summed E-state index contributed by atoms with van der Waals surface area (Å²) in [5.74, 6) is -0.307. The number of aromatic nitrogens is 2. The summed E-state index contributed by atoms with van der Waals surface area (Å²) >= 11 is 0. The number of nitriles is 1. The van der Waals surface area contributed by atoms with Gasteiger partial charge in [0.1, 0.15) is 6.42 Å². The van der Waals surface area contributed by atoms with Crippen LogP contribution in [0.2, 0.25) is 0 Å². The number of fused-ring (bicyclic) bond motifs is 1. The molecular formula is C17H14N4O. The molecule has 0 spiro atoms. The van der Waals surface area contributed by atoms with Crippen LogP contribution in [0.5, 0.6) is 0 Å². The fourth-order valence-electron chi connectivity index (χ4n) is 2.32. The number of benzene rings is 2. The number of anilines is 1. The molecule has 0 bridgehead atoms. The van der Waals surface area contributed by atoms with Gasteiger partial charge in [-0.15, -0.1) is 0 Å². The highest BCUT2D eigenvalue weighted by atomic mass is 16.1. The van der Waals surface area contributed by atoms with Gasteiger partial charge in [0, 0.05) is 11.1 Å². The summed E-state index contributed by atoms with van der Waals surface area (Å²) in [5, 5.41) is 16.5. The second-order valence-corrected chi connectivity index (χ2v) is 4.94. The molecule has 0 saturated heterocycles. The van der Waals surface area contributed by atoms with E-state index in [9.17, 15) is 4.79 Å². The number of carbonyl (C=O) groups excluding carboxylic acids is 1. The van der Waals surface area contributed by atoms with Crippen LogP contribution < -0.4 is 5.32 Å². The van der Waals surface area contributed by atoms with Crippen LogP contribution in [0, 0.1) is 11.3 Å². The van der Waals surface area contributed by atoms with Crippen LogP contribution in [0.4, 0.5) is 5.69 Å². The molecule has 1 N–H and O–H groups in total. The van der Waals surface area contributed by atoms with Crippen LogP contribution in [0.25, 0.3) is 10.9 Å². The van der Waals surface area contributed by atoms with Gasteiger partial charge in [0.15, 0.2) is 0 Å². The first-order valence-corrected chi connectivity index (χ1v) is 6.92. The molecule has 3 rings (SSSR count). The van der Waals surface area contributed by atoms with Crippen molar-refractivity contribution in [2.75, 3.05) is 5.32 Å². The van der Waals surface area contributed by atoms with Gasteiger partial charge in [0.05, 0.1) is 24.3 Å². The van der Waals surface area contributed by atoms with Gasteiger partial charge in [-0.25, -0.2) is 0 Å². The third kappa shape index (κ3) is 2.96. The maximum atomic E-state index is 11.4. The lowest BCUT2D eigenvalue weighted by Gasteiger charge is -2.05. The predicted molar refractivity (Wildman–Crippen MR) is 84.1 cm³/mol. The fourth-order valence-corrected chi connectivity index (χ4v) is 2.32. The zero-order valence-corrected chi connectivity index (χ0v) is 11.9. The lowest BCUT2D eigenvalue weighted by molar-refractivity contribution is -0.115. The first-order valence-electron chi connectivity index (χ1n) is 6.92. The van der Waals surface area contributed by atoms with Crippen molar-refractivity contribution in [3.63, 3.8) is 0 Å². The van der Waals surface area contributed by atoms with Crippen LogP contribution in [-0.4, -0.2) is 15.7 Å². The van der Waals surface area contributed by atoms with E-state index in [1.54, 1.807) is 6.20 Å². The van der Waals surface area contributed by atoms with E-state index in [2.05, 4.69) is 22.5 Å². The van der Waals surface area contributed by atoms with Gasteiger partial charge >= 0.3 is 0 Å². The molecule has 1 aromatic heterocycles. The molecule has 5 heteroatoms. The van der Waals surface area contributed by atoms with Crippen molar-refractivity contribution < 1.29 is 4.79 Å². The Bertz CT molecular complexity index is 846. The van der Waals surface area contributed by atoms with Gasteiger partial charge < -0.3 is 5.32 Å². The SMILES string of the molecule is N#CCC(=O)Nc1ccc2c(cnn2Cc2ccccc2)c1. The first kappa shape index (κ1) is 13.8. The highest BCUT2D eigenvalue weighted by Gasteiger charge is 2.06. The van der Waals surface area contributed by atoms with E-state index in [0.717, 1.165) is 10.9 Å². The molecule has 108 valence electrons. The van der Waals surface area contributed by atoms with Crippen LogP contribution in [0.1, 0.15) is 12.0 Å².